The lowest BCUT2D eigenvalue weighted by Gasteiger charge is -2.28. The zero-order valence-corrected chi connectivity index (χ0v) is 15.1. The van der Waals surface area contributed by atoms with Crippen molar-refractivity contribution in [3.63, 3.8) is 0 Å². The number of aliphatic imine (C=N–C) groups is 1. The van der Waals surface area contributed by atoms with Crippen molar-refractivity contribution in [3.05, 3.63) is 29.8 Å². The first-order chi connectivity index (χ1) is 12.2. The van der Waals surface area contributed by atoms with Gasteiger partial charge in [0.05, 0.1) is 6.61 Å². The van der Waals surface area contributed by atoms with E-state index in [4.69, 9.17) is 14.2 Å². The SMILES string of the molecule is CC(=O)OCCC(COC(C)=O)(COC(C)=O)N=Cc1ccccc1O. The van der Waals surface area contributed by atoms with Gasteiger partial charge in [-0.2, -0.15) is 0 Å². The van der Waals surface area contributed by atoms with Gasteiger partial charge in [-0.15, -0.1) is 0 Å². The standard InChI is InChI=1S/C18H23NO7/c1-13(20)24-9-8-18(11-25-14(2)21,12-26-15(3)22)19-10-16-6-4-5-7-17(16)23/h4-7,10,23H,8-9,11-12H2,1-3H3. The lowest BCUT2D eigenvalue weighted by atomic mass is 9.98. The third kappa shape index (κ3) is 7.78. The topological polar surface area (TPSA) is 111 Å². The Kier molecular flexibility index (Phi) is 8.27. The normalized spacial score (nSPS) is 11.2. The third-order valence-corrected chi connectivity index (χ3v) is 3.38. The van der Waals surface area contributed by atoms with Gasteiger partial charge in [0.1, 0.15) is 24.5 Å². The second-order valence-corrected chi connectivity index (χ2v) is 5.69. The first-order valence-electron chi connectivity index (χ1n) is 7.97. The van der Waals surface area contributed by atoms with Crippen LogP contribution in [0.3, 0.4) is 0 Å². The van der Waals surface area contributed by atoms with Gasteiger partial charge >= 0.3 is 17.9 Å². The first kappa shape index (κ1) is 21.1. The molecular formula is C18H23NO7. The van der Waals surface area contributed by atoms with Crippen molar-refractivity contribution in [1.29, 1.82) is 0 Å². The maximum Gasteiger partial charge on any atom is 0.302 e. The summed E-state index contributed by atoms with van der Waals surface area (Å²) in [7, 11) is 0. The van der Waals surface area contributed by atoms with E-state index < -0.39 is 23.4 Å². The van der Waals surface area contributed by atoms with Crippen LogP contribution in [0, 0.1) is 0 Å². The molecule has 0 amide bonds. The summed E-state index contributed by atoms with van der Waals surface area (Å²) in [5, 5.41) is 9.86. The second kappa shape index (κ2) is 10.2. The number of aromatic hydroxyl groups is 1. The summed E-state index contributed by atoms with van der Waals surface area (Å²) >= 11 is 0. The van der Waals surface area contributed by atoms with E-state index in [1.165, 1.54) is 33.1 Å². The van der Waals surface area contributed by atoms with Gasteiger partial charge in [0, 0.05) is 39.0 Å². The zero-order valence-electron chi connectivity index (χ0n) is 15.1. The van der Waals surface area contributed by atoms with E-state index in [9.17, 15) is 19.5 Å². The van der Waals surface area contributed by atoms with Gasteiger partial charge < -0.3 is 19.3 Å². The van der Waals surface area contributed by atoms with Crippen LogP contribution in [0.2, 0.25) is 0 Å². The zero-order chi connectivity index (χ0) is 19.6. The van der Waals surface area contributed by atoms with Crippen LogP contribution in [0.5, 0.6) is 5.75 Å². The van der Waals surface area contributed by atoms with Gasteiger partial charge in [-0.05, 0) is 12.1 Å². The molecule has 0 aliphatic heterocycles. The smallest absolute Gasteiger partial charge is 0.302 e. The molecule has 0 radical (unpaired) electrons. The van der Waals surface area contributed by atoms with Crippen molar-refractivity contribution in [1.82, 2.24) is 0 Å². The van der Waals surface area contributed by atoms with Crippen molar-refractivity contribution in [2.45, 2.75) is 32.7 Å². The molecule has 0 fully saturated rings. The Balaban J connectivity index is 3.10. The highest BCUT2D eigenvalue weighted by Crippen LogP contribution is 2.21. The van der Waals surface area contributed by atoms with Crippen LogP contribution < -0.4 is 0 Å². The number of carbonyl (C=O) groups is 3. The number of phenols is 1. The molecule has 1 N–H and O–H groups in total. The monoisotopic (exact) mass is 365 g/mol. The second-order valence-electron chi connectivity index (χ2n) is 5.69. The molecule has 0 spiro atoms. The Bertz CT molecular complexity index is 651. The predicted molar refractivity (Wildman–Crippen MR) is 92.9 cm³/mol. The highest BCUT2D eigenvalue weighted by atomic mass is 16.6. The Morgan fingerprint density at radius 2 is 1.54 bits per heavy atom. The predicted octanol–water partition coefficient (Wildman–Crippen LogP) is 1.63. The third-order valence-electron chi connectivity index (χ3n) is 3.38. The minimum Gasteiger partial charge on any atom is -0.507 e. The van der Waals surface area contributed by atoms with Crippen LogP contribution in [0.4, 0.5) is 0 Å². The van der Waals surface area contributed by atoms with Crippen LogP contribution in [-0.2, 0) is 28.6 Å². The number of hydrogen-bond donors (Lipinski definition) is 1. The molecule has 0 atom stereocenters. The Hall–Kier alpha value is -2.90. The molecule has 142 valence electrons. The number of hydrogen-bond acceptors (Lipinski definition) is 8. The molecule has 8 nitrogen and oxygen atoms in total. The van der Waals surface area contributed by atoms with Crippen molar-refractivity contribution >= 4 is 24.1 Å². The van der Waals surface area contributed by atoms with Crippen molar-refractivity contribution in [2.24, 2.45) is 4.99 Å². The summed E-state index contributed by atoms with van der Waals surface area (Å²) in [5.74, 6) is -1.50. The fraction of sp³-hybridized carbons (Fsp3) is 0.444. The number of esters is 3. The summed E-state index contributed by atoms with van der Waals surface area (Å²) in [5.41, 5.74) is -0.718. The molecule has 0 saturated carbocycles. The number of benzene rings is 1. The molecule has 0 saturated heterocycles. The minimum absolute atomic E-state index is 0.00399. The maximum absolute atomic E-state index is 11.2. The van der Waals surface area contributed by atoms with Crippen molar-refractivity contribution < 1.29 is 33.7 Å². The molecule has 26 heavy (non-hydrogen) atoms. The van der Waals surface area contributed by atoms with Crippen molar-refractivity contribution in [3.8, 4) is 5.75 Å². The van der Waals surface area contributed by atoms with Gasteiger partial charge in [-0.3, -0.25) is 19.4 Å². The van der Waals surface area contributed by atoms with Crippen molar-refractivity contribution in [2.75, 3.05) is 19.8 Å². The minimum atomic E-state index is -1.16. The molecule has 1 aromatic rings. The quantitative estimate of drug-likeness (QED) is 0.402. The Morgan fingerprint density at radius 3 is 2.04 bits per heavy atom. The summed E-state index contributed by atoms with van der Waals surface area (Å²) in [6.07, 6.45) is 1.55. The average molecular weight is 365 g/mol. The fourth-order valence-electron chi connectivity index (χ4n) is 1.98. The first-order valence-corrected chi connectivity index (χ1v) is 7.97. The number of nitrogens with zero attached hydrogens (tertiary/aromatic N) is 1. The maximum atomic E-state index is 11.2. The van der Waals surface area contributed by atoms with E-state index >= 15 is 0 Å². The number of carbonyl (C=O) groups excluding carboxylic acids is 3. The molecule has 0 aliphatic rings. The van der Waals surface area contributed by atoms with Crippen LogP contribution in [0.15, 0.2) is 29.3 Å². The van der Waals surface area contributed by atoms with E-state index in [0.29, 0.717) is 5.56 Å². The highest BCUT2D eigenvalue weighted by molar-refractivity contribution is 5.83. The Labute approximate surface area is 151 Å². The molecule has 8 heteroatoms. The lowest BCUT2D eigenvalue weighted by Crippen LogP contribution is -2.41. The van der Waals surface area contributed by atoms with Crippen LogP contribution in [0.25, 0.3) is 0 Å². The number of para-hydroxylation sites is 1. The fourth-order valence-corrected chi connectivity index (χ4v) is 1.98. The van der Waals surface area contributed by atoms with E-state index in [1.54, 1.807) is 18.2 Å². The largest absolute Gasteiger partial charge is 0.507 e. The van der Waals surface area contributed by atoms with Crippen LogP contribution in [-0.4, -0.2) is 54.6 Å². The number of phenolic OH excluding ortho intramolecular Hbond substituents is 1. The number of rotatable bonds is 9. The lowest BCUT2D eigenvalue weighted by molar-refractivity contribution is -0.150. The van der Waals surface area contributed by atoms with Gasteiger partial charge in [-0.25, -0.2) is 0 Å². The van der Waals surface area contributed by atoms with E-state index in [2.05, 4.69) is 4.99 Å². The van der Waals surface area contributed by atoms with Gasteiger partial charge in [-0.1, -0.05) is 12.1 Å². The number of ether oxygens (including phenoxy) is 3. The molecular weight excluding hydrogens is 342 g/mol. The summed E-state index contributed by atoms with van der Waals surface area (Å²) in [6.45, 7) is 3.40. The van der Waals surface area contributed by atoms with E-state index in [-0.39, 0.29) is 32.0 Å². The summed E-state index contributed by atoms with van der Waals surface area (Å²) in [6, 6.07) is 6.53. The molecule has 0 bridgehead atoms. The molecule has 0 heterocycles. The average Bonchev–Trinajstić information content (AvgIpc) is 2.56. The molecule has 1 rings (SSSR count). The van der Waals surface area contributed by atoms with E-state index in [1.807, 2.05) is 0 Å². The summed E-state index contributed by atoms with van der Waals surface area (Å²) < 4.78 is 15.1. The summed E-state index contributed by atoms with van der Waals surface area (Å²) in [4.78, 5) is 37.9. The van der Waals surface area contributed by atoms with Gasteiger partial charge in [0.2, 0.25) is 0 Å². The molecule has 1 aromatic carbocycles. The molecule has 0 unspecified atom stereocenters. The van der Waals surface area contributed by atoms with E-state index in [0.717, 1.165) is 0 Å². The van der Waals surface area contributed by atoms with Crippen LogP contribution >= 0.6 is 0 Å². The highest BCUT2D eigenvalue weighted by Gasteiger charge is 2.33. The van der Waals surface area contributed by atoms with Gasteiger partial charge in [0.25, 0.3) is 0 Å². The van der Waals surface area contributed by atoms with Gasteiger partial charge in [0.15, 0.2) is 0 Å². The molecule has 0 aliphatic carbocycles. The molecule has 0 aromatic heterocycles. The Morgan fingerprint density at radius 1 is 1.00 bits per heavy atom. The van der Waals surface area contributed by atoms with Crippen LogP contribution in [0.1, 0.15) is 32.8 Å².